The number of aromatic hydroxyl groups is 1. The predicted molar refractivity (Wildman–Crippen MR) is 155 cm³/mol. The predicted octanol–water partition coefficient (Wildman–Crippen LogP) is 6.97. The van der Waals surface area contributed by atoms with Crippen molar-refractivity contribution in [3.05, 3.63) is 92.7 Å². The van der Waals surface area contributed by atoms with E-state index in [1.807, 2.05) is 32.9 Å². The zero-order valence-corrected chi connectivity index (χ0v) is 23.3. The van der Waals surface area contributed by atoms with Crippen molar-refractivity contribution < 1.29 is 23.4 Å². The van der Waals surface area contributed by atoms with Gasteiger partial charge < -0.3 is 23.4 Å². The molecule has 7 heteroatoms. The minimum absolute atomic E-state index is 0.00378. The Kier molecular flexibility index (Phi) is 5.60. The van der Waals surface area contributed by atoms with Gasteiger partial charge in [-0.3, -0.25) is 0 Å². The molecular formula is C33H32O7. The Hall–Kier alpha value is -4.26. The fourth-order valence-electron chi connectivity index (χ4n) is 6.16. The van der Waals surface area contributed by atoms with Gasteiger partial charge in [0.1, 0.15) is 39.6 Å². The van der Waals surface area contributed by atoms with E-state index >= 15 is 0 Å². The van der Waals surface area contributed by atoms with Crippen LogP contribution >= 0.6 is 0 Å². The number of allylic oxidation sites excluding steroid dienone is 1. The summed E-state index contributed by atoms with van der Waals surface area (Å²) in [5, 5.41) is 12.0. The van der Waals surface area contributed by atoms with Crippen LogP contribution in [0.4, 0.5) is 0 Å². The van der Waals surface area contributed by atoms with Gasteiger partial charge in [0.15, 0.2) is 0 Å². The second kappa shape index (κ2) is 8.62. The molecule has 2 aromatic carbocycles. The number of rotatable bonds is 4. The van der Waals surface area contributed by atoms with E-state index in [1.165, 1.54) is 12.1 Å². The number of ether oxygens (including phenoxy) is 2. The zero-order valence-electron chi connectivity index (χ0n) is 23.3. The lowest BCUT2D eigenvalue weighted by Gasteiger charge is -2.47. The maximum Gasteiger partial charge on any atom is 0.336 e. The van der Waals surface area contributed by atoms with Gasteiger partial charge in [-0.25, -0.2) is 9.59 Å². The lowest BCUT2D eigenvalue weighted by Crippen LogP contribution is -2.43. The molecule has 0 radical (unpaired) electrons. The highest BCUT2D eigenvalue weighted by Gasteiger charge is 2.47. The maximum absolute atomic E-state index is 12.4. The molecule has 0 spiro atoms. The van der Waals surface area contributed by atoms with Crippen LogP contribution in [0.15, 0.2) is 73.6 Å². The molecular weight excluding hydrogens is 508 g/mol. The minimum Gasteiger partial charge on any atom is -0.507 e. The molecule has 0 bridgehead atoms. The molecule has 0 fully saturated rings. The van der Waals surface area contributed by atoms with Gasteiger partial charge >= 0.3 is 11.3 Å². The van der Waals surface area contributed by atoms with Crippen LogP contribution in [0.1, 0.15) is 70.1 Å². The van der Waals surface area contributed by atoms with E-state index in [4.69, 9.17) is 18.3 Å². The molecule has 206 valence electrons. The Bertz CT molecular complexity index is 1850. The summed E-state index contributed by atoms with van der Waals surface area (Å²) in [6.45, 7) is 14.2. The standard InChI is InChI=1S/C33H32O7/c1-7-31(2,3)26-29-21(10-13-24(36)38-29)28-25-19(16-32(4,5)39-30(25)26)17-33(6,40-28)15-14-20-22(34)11-8-18-9-12-23(35)37-27(18)20/h7-15,19,34H,1,16-17H2,2-6H3/b15-14+/t19-,33-/m0/s1. The molecule has 40 heavy (non-hydrogen) atoms. The fraction of sp³-hybridized carbons (Fsp3) is 0.333. The molecule has 0 amide bonds. The van der Waals surface area contributed by atoms with Gasteiger partial charge in [-0.05, 0) is 75.9 Å². The summed E-state index contributed by atoms with van der Waals surface area (Å²) in [6, 6.07) is 9.45. The van der Waals surface area contributed by atoms with Gasteiger partial charge in [0, 0.05) is 34.1 Å². The summed E-state index contributed by atoms with van der Waals surface area (Å²) < 4.78 is 24.7. The van der Waals surface area contributed by atoms with Gasteiger partial charge in [-0.1, -0.05) is 19.9 Å². The molecule has 1 N–H and O–H groups in total. The summed E-state index contributed by atoms with van der Waals surface area (Å²) in [6.07, 6.45) is 6.87. The summed E-state index contributed by atoms with van der Waals surface area (Å²) in [5.74, 6) is 1.37. The molecule has 6 rings (SSSR count). The lowest BCUT2D eigenvalue weighted by molar-refractivity contribution is 0.0319. The summed E-state index contributed by atoms with van der Waals surface area (Å²) in [7, 11) is 0. The molecule has 4 aromatic rings. The Morgan fingerprint density at radius 2 is 1.60 bits per heavy atom. The van der Waals surface area contributed by atoms with Crippen molar-refractivity contribution in [2.24, 2.45) is 0 Å². The Labute approximate surface area is 231 Å². The highest BCUT2D eigenvalue weighted by Crippen LogP contribution is 2.58. The first kappa shape index (κ1) is 26.0. The molecule has 0 aliphatic carbocycles. The first-order valence-corrected chi connectivity index (χ1v) is 13.4. The normalized spacial score (nSPS) is 21.7. The molecule has 2 aliphatic heterocycles. The van der Waals surface area contributed by atoms with Crippen molar-refractivity contribution in [2.75, 3.05) is 0 Å². The number of fused-ring (bicyclic) bond motifs is 3. The van der Waals surface area contributed by atoms with Crippen molar-refractivity contribution in [2.45, 2.75) is 70.0 Å². The van der Waals surface area contributed by atoms with Gasteiger partial charge in [0.25, 0.3) is 0 Å². The largest absolute Gasteiger partial charge is 0.507 e. The third-order valence-corrected chi connectivity index (χ3v) is 8.10. The first-order chi connectivity index (χ1) is 18.8. The van der Waals surface area contributed by atoms with E-state index in [2.05, 4.69) is 20.4 Å². The van der Waals surface area contributed by atoms with Crippen molar-refractivity contribution in [1.82, 2.24) is 0 Å². The molecule has 4 heterocycles. The number of hydrogen-bond acceptors (Lipinski definition) is 7. The van der Waals surface area contributed by atoms with Gasteiger partial charge in [-0.15, -0.1) is 6.58 Å². The number of benzene rings is 2. The smallest absolute Gasteiger partial charge is 0.336 e. The molecule has 0 unspecified atom stereocenters. The topological polar surface area (TPSA) is 99.1 Å². The van der Waals surface area contributed by atoms with E-state index in [-0.39, 0.29) is 11.7 Å². The van der Waals surface area contributed by atoms with E-state index in [9.17, 15) is 14.7 Å². The zero-order chi connectivity index (χ0) is 28.6. The molecule has 0 saturated carbocycles. The number of hydrogen-bond donors (Lipinski definition) is 1. The highest BCUT2D eigenvalue weighted by molar-refractivity contribution is 5.93. The molecule has 2 atom stereocenters. The van der Waals surface area contributed by atoms with E-state index in [1.54, 1.807) is 30.3 Å². The van der Waals surface area contributed by atoms with Gasteiger partial charge in [-0.2, -0.15) is 0 Å². The highest BCUT2D eigenvalue weighted by atomic mass is 16.5. The van der Waals surface area contributed by atoms with Crippen LogP contribution in [0, 0.1) is 0 Å². The van der Waals surface area contributed by atoms with Crippen molar-refractivity contribution >= 4 is 28.0 Å². The third-order valence-electron chi connectivity index (χ3n) is 8.10. The maximum atomic E-state index is 12.4. The van der Waals surface area contributed by atoms with Crippen molar-refractivity contribution in [3.8, 4) is 17.2 Å². The van der Waals surface area contributed by atoms with Gasteiger partial charge in [0.2, 0.25) is 0 Å². The molecule has 7 nitrogen and oxygen atoms in total. The first-order valence-electron chi connectivity index (χ1n) is 13.4. The monoisotopic (exact) mass is 540 g/mol. The number of phenols is 1. The quantitative estimate of drug-likeness (QED) is 0.220. The van der Waals surface area contributed by atoms with Crippen LogP contribution in [0.25, 0.3) is 28.0 Å². The third kappa shape index (κ3) is 4.12. The SMILES string of the molecule is C=CC(C)(C)c1c2c3c(c4ccc(=O)oc14)O[C@@](C)(/C=C/c1c(O)ccc4ccc(=O)oc14)C[C@@H]3CC(C)(C)O2. The average molecular weight is 541 g/mol. The Morgan fingerprint density at radius 1 is 0.925 bits per heavy atom. The fourth-order valence-corrected chi connectivity index (χ4v) is 6.16. The van der Waals surface area contributed by atoms with Crippen LogP contribution in [0.5, 0.6) is 17.2 Å². The summed E-state index contributed by atoms with van der Waals surface area (Å²) in [4.78, 5) is 24.4. The Morgan fingerprint density at radius 3 is 2.33 bits per heavy atom. The number of phenolic OH excluding ortho intramolecular Hbond substituents is 1. The second-order valence-electron chi connectivity index (χ2n) is 12.3. The van der Waals surface area contributed by atoms with Crippen LogP contribution in [-0.4, -0.2) is 16.3 Å². The minimum atomic E-state index is -0.801. The Balaban J connectivity index is 1.57. The molecule has 2 aliphatic rings. The average Bonchev–Trinajstić information content (AvgIpc) is 2.86. The molecule has 2 aromatic heterocycles. The van der Waals surface area contributed by atoms with E-state index in [0.29, 0.717) is 45.4 Å². The summed E-state index contributed by atoms with van der Waals surface area (Å²) >= 11 is 0. The van der Waals surface area contributed by atoms with Crippen LogP contribution in [0.2, 0.25) is 0 Å². The van der Waals surface area contributed by atoms with E-state index in [0.717, 1.165) is 17.5 Å². The van der Waals surface area contributed by atoms with Crippen molar-refractivity contribution in [3.63, 3.8) is 0 Å². The van der Waals surface area contributed by atoms with Crippen LogP contribution in [0.3, 0.4) is 0 Å². The lowest BCUT2D eigenvalue weighted by atomic mass is 9.72. The summed E-state index contributed by atoms with van der Waals surface area (Å²) in [5.41, 5.74) is 0.0926. The second-order valence-corrected chi connectivity index (χ2v) is 12.3. The van der Waals surface area contributed by atoms with E-state index < -0.39 is 27.9 Å². The van der Waals surface area contributed by atoms with Crippen molar-refractivity contribution in [1.29, 1.82) is 0 Å². The molecule has 0 saturated heterocycles. The van der Waals surface area contributed by atoms with Gasteiger partial charge in [0.05, 0.1) is 10.9 Å². The van der Waals surface area contributed by atoms with Crippen LogP contribution < -0.4 is 20.7 Å². The van der Waals surface area contributed by atoms with Crippen LogP contribution in [-0.2, 0) is 5.41 Å².